The van der Waals surface area contributed by atoms with Crippen molar-refractivity contribution in [3.8, 4) is 0 Å². The second kappa shape index (κ2) is 6.28. The molecule has 21 heavy (non-hydrogen) atoms. The van der Waals surface area contributed by atoms with Gasteiger partial charge in [0.2, 0.25) is 0 Å². The van der Waals surface area contributed by atoms with Crippen LogP contribution in [-0.2, 0) is 13.1 Å². The summed E-state index contributed by atoms with van der Waals surface area (Å²) in [4.78, 5) is 15.3. The molecular weight excluding hydrogens is 302 g/mol. The molecule has 0 fully saturated rings. The molecule has 0 radical (unpaired) electrons. The molecule has 3 aromatic heterocycles. The molecule has 108 valence electrons. The van der Waals surface area contributed by atoms with Crippen molar-refractivity contribution in [2.45, 2.75) is 20.0 Å². The van der Waals surface area contributed by atoms with E-state index in [0.29, 0.717) is 13.1 Å². The fourth-order valence-electron chi connectivity index (χ4n) is 2.09. The molecule has 3 rings (SSSR count). The van der Waals surface area contributed by atoms with E-state index in [1.165, 1.54) is 11.3 Å². The van der Waals surface area contributed by atoms with Crippen molar-refractivity contribution < 1.29 is 9.21 Å². The number of thiophene rings is 2. The Labute approximate surface area is 131 Å². The SMILES string of the molecule is Cc1csc(C(=O)N(Cc2ccsc2)Cc2ccco2)c1. The van der Waals surface area contributed by atoms with Gasteiger partial charge < -0.3 is 9.32 Å². The maximum Gasteiger partial charge on any atom is 0.264 e. The Morgan fingerprint density at radius 2 is 2.19 bits per heavy atom. The molecule has 0 saturated carbocycles. The number of hydrogen-bond donors (Lipinski definition) is 0. The Bertz CT molecular complexity index is 662. The topological polar surface area (TPSA) is 33.5 Å². The number of nitrogens with zero attached hydrogens (tertiary/aromatic N) is 1. The Morgan fingerprint density at radius 1 is 1.29 bits per heavy atom. The standard InChI is InChI=1S/C16H15NO2S2/c1-12-7-15(21-10-12)16(18)17(8-13-4-6-20-11-13)9-14-3-2-5-19-14/h2-7,10-11H,8-9H2,1H3. The van der Waals surface area contributed by atoms with Crippen molar-refractivity contribution in [3.05, 3.63) is 68.4 Å². The van der Waals surface area contributed by atoms with Crippen molar-refractivity contribution in [2.24, 2.45) is 0 Å². The summed E-state index contributed by atoms with van der Waals surface area (Å²) < 4.78 is 5.39. The molecule has 0 saturated heterocycles. The monoisotopic (exact) mass is 317 g/mol. The molecule has 0 bridgehead atoms. The van der Waals surface area contributed by atoms with Gasteiger partial charge in [-0.05, 0) is 58.5 Å². The molecule has 0 atom stereocenters. The summed E-state index contributed by atoms with van der Waals surface area (Å²) in [5, 5.41) is 6.10. The Kier molecular flexibility index (Phi) is 4.22. The molecule has 0 spiro atoms. The first-order valence-electron chi connectivity index (χ1n) is 6.60. The number of aryl methyl sites for hydroxylation is 1. The van der Waals surface area contributed by atoms with E-state index < -0.39 is 0 Å². The van der Waals surface area contributed by atoms with Crippen LogP contribution >= 0.6 is 22.7 Å². The quantitative estimate of drug-likeness (QED) is 0.691. The summed E-state index contributed by atoms with van der Waals surface area (Å²) in [7, 11) is 0. The summed E-state index contributed by atoms with van der Waals surface area (Å²) in [5.41, 5.74) is 2.27. The first kappa shape index (κ1) is 14.1. The molecular formula is C16H15NO2S2. The number of carbonyl (C=O) groups excluding carboxylic acids is 1. The van der Waals surface area contributed by atoms with Crippen molar-refractivity contribution in [1.82, 2.24) is 4.90 Å². The van der Waals surface area contributed by atoms with Crippen LogP contribution in [0, 0.1) is 6.92 Å². The first-order valence-corrected chi connectivity index (χ1v) is 8.42. The van der Waals surface area contributed by atoms with Crippen molar-refractivity contribution in [2.75, 3.05) is 0 Å². The highest BCUT2D eigenvalue weighted by Gasteiger charge is 2.19. The Morgan fingerprint density at radius 3 is 2.81 bits per heavy atom. The minimum absolute atomic E-state index is 0.0516. The van der Waals surface area contributed by atoms with Gasteiger partial charge in [-0.15, -0.1) is 11.3 Å². The lowest BCUT2D eigenvalue weighted by molar-refractivity contribution is 0.0723. The summed E-state index contributed by atoms with van der Waals surface area (Å²) in [6.45, 7) is 3.08. The lowest BCUT2D eigenvalue weighted by Crippen LogP contribution is -2.29. The average molecular weight is 317 g/mol. The molecule has 3 nitrogen and oxygen atoms in total. The van der Waals surface area contributed by atoms with Gasteiger partial charge in [-0.3, -0.25) is 4.79 Å². The van der Waals surface area contributed by atoms with Crippen LogP contribution in [0.25, 0.3) is 0 Å². The minimum Gasteiger partial charge on any atom is -0.467 e. The highest BCUT2D eigenvalue weighted by Crippen LogP contribution is 2.20. The lowest BCUT2D eigenvalue weighted by Gasteiger charge is -2.20. The van der Waals surface area contributed by atoms with Gasteiger partial charge in [0.05, 0.1) is 17.7 Å². The zero-order valence-electron chi connectivity index (χ0n) is 11.6. The third-order valence-electron chi connectivity index (χ3n) is 3.11. The molecule has 0 aliphatic carbocycles. The van der Waals surface area contributed by atoms with E-state index >= 15 is 0 Å². The van der Waals surface area contributed by atoms with E-state index in [0.717, 1.165) is 21.8 Å². The summed E-state index contributed by atoms with van der Waals surface area (Å²) in [6.07, 6.45) is 1.64. The molecule has 0 aliphatic heterocycles. The van der Waals surface area contributed by atoms with Crippen LogP contribution in [0.15, 0.2) is 51.1 Å². The van der Waals surface area contributed by atoms with Gasteiger partial charge in [-0.1, -0.05) is 0 Å². The van der Waals surface area contributed by atoms with E-state index in [1.54, 1.807) is 17.6 Å². The van der Waals surface area contributed by atoms with E-state index in [2.05, 4.69) is 5.38 Å². The van der Waals surface area contributed by atoms with Crippen LogP contribution in [-0.4, -0.2) is 10.8 Å². The molecule has 0 N–H and O–H groups in total. The van der Waals surface area contributed by atoms with Gasteiger partial charge in [-0.2, -0.15) is 11.3 Å². The normalized spacial score (nSPS) is 10.7. The van der Waals surface area contributed by atoms with Crippen LogP contribution < -0.4 is 0 Å². The van der Waals surface area contributed by atoms with E-state index in [1.807, 2.05) is 46.8 Å². The molecule has 5 heteroatoms. The number of amides is 1. The van der Waals surface area contributed by atoms with Gasteiger partial charge in [0.1, 0.15) is 5.76 Å². The summed E-state index contributed by atoms with van der Waals surface area (Å²) >= 11 is 3.13. The van der Waals surface area contributed by atoms with E-state index in [4.69, 9.17) is 4.42 Å². The largest absolute Gasteiger partial charge is 0.467 e. The Balaban J connectivity index is 1.82. The van der Waals surface area contributed by atoms with E-state index in [-0.39, 0.29) is 5.91 Å². The van der Waals surface area contributed by atoms with Gasteiger partial charge in [0, 0.05) is 6.54 Å². The second-order valence-corrected chi connectivity index (χ2v) is 6.55. The van der Waals surface area contributed by atoms with Crippen molar-refractivity contribution >= 4 is 28.6 Å². The van der Waals surface area contributed by atoms with Crippen molar-refractivity contribution in [3.63, 3.8) is 0 Å². The highest BCUT2D eigenvalue weighted by molar-refractivity contribution is 7.12. The third-order valence-corrected chi connectivity index (χ3v) is 4.88. The first-order chi connectivity index (χ1) is 10.2. The lowest BCUT2D eigenvalue weighted by atomic mass is 10.2. The van der Waals surface area contributed by atoms with Gasteiger partial charge in [0.25, 0.3) is 5.91 Å². The van der Waals surface area contributed by atoms with Crippen LogP contribution in [0.1, 0.15) is 26.6 Å². The maximum atomic E-state index is 12.7. The second-order valence-electron chi connectivity index (χ2n) is 4.86. The average Bonchev–Trinajstić information content (AvgIpc) is 3.19. The predicted octanol–water partition coefficient (Wildman–Crippen LogP) is 4.55. The smallest absolute Gasteiger partial charge is 0.264 e. The predicted molar refractivity (Wildman–Crippen MR) is 85.7 cm³/mol. The van der Waals surface area contributed by atoms with Gasteiger partial charge >= 0.3 is 0 Å². The van der Waals surface area contributed by atoms with Crippen LogP contribution in [0.3, 0.4) is 0 Å². The van der Waals surface area contributed by atoms with E-state index in [9.17, 15) is 4.79 Å². The molecule has 3 heterocycles. The van der Waals surface area contributed by atoms with Crippen molar-refractivity contribution in [1.29, 1.82) is 0 Å². The van der Waals surface area contributed by atoms with Gasteiger partial charge in [-0.25, -0.2) is 0 Å². The maximum absolute atomic E-state index is 12.7. The zero-order chi connectivity index (χ0) is 14.7. The zero-order valence-corrected chi connectivity index (χ0v) is 13.2. The molecule has 3 aromatic rings. The number of carbonyl (C=O) groups is 1. The highest BCUT2D eigenvalue weighted by atomic mass is 32.1. The van der Waals surface area contributed by atoms with Crippen LogP contribution in [0.4, 0.5) is 0 Å². The van der Waals surface area contributed by atoms with Crippen LogP contribution in [0.2, 0.25) is 0 Å². The number of rotatable bonds is 5. The Hall–Kier alpha value is -1.85. The third kappa shape index (κ3) is 3.43. The molecule has 0 aliphatic rings. The summed E-state index contributed by atoms with van der Waals surface area (Å²) in [5.74, 6) is 0.850. The number of hydrogen-bond acceptors (Lipinski definition) is 4. The molecule has 0 aromatic carbocycles. The van der Waals surface area contributed by atoms with Crippen LogP contribution in [0.5, 0.6) is 0 Å². The minimum atomic E-state index is 0.0516. The fraction of sp³-hybridized carbons (Fsp3) is 0.188. The number of furan rings is 1. The molecule has 0 unspecified atom stereocenters. The summed E-state index contributed by atoms with van der Waals surface area (Å²) in [6, 6.07) is 7.73. The molecule has 1 amide bonds. The fourth-order valence-corrected chi connectivity index (χ4v) is 3.62. The van der Waals surface area contributed by atoms with Gasteiger partial charge in [0.15, 0.2) is 0 Å².